The van der Waals surface area contributed by atoms with Crippen molar-refractivity contribution in [1.29, 1.82) is 0 Å². The molecule has 0 aliphatic heterocycles. The van der Waals surface area contributed by atoms with Crippen LogP contribution in [0, 0.1) is 0 Å². The van der Waals surface area contributed by atoms with Crippen molar-refractivity contribution in [3.8, 4) is 0 Å². The van der Waals surface area contributed by atoms with Crippen LogP contribution in [0.1, 0.15) is 19.5 Å². The molecule has 2 aromatic rings. The summed E-state index contributed by atoms with van der Waals surface area (Å²) in [7, 11) is 0. The van der Waals surface area contributed by atoms with Gasteiger partial charge in [0, 0.05) is 5.39 Å². The van der Waals surface area contributed by atoms with Crippen LogP contribution in [-0.4, -0.2) is 10.3 Å². The molecule has 0 radical (unpaired) electrons. The third kappa shape index (κ3) is 1.44. The molecule has 0 aliphatic rings. The minimum Gasteiger partial charge on any atom is -0.384 e. The summed E-state index contributed by atoms with van der Waals surface area (Å²) in [6.45, 7) is 3.37. The van der Waals surface area contributed by atoms with Gasteiger partial charge in [-0.1, -0.05) is 11.2 Å². The molecule has 0 bridgehead atoms. The zero-order valence-corrected chi connectivity index (χ0v) is 9.50. The van der Waals surface area contributed by atoms with E-state index >= 15 is 0 Å². The molecule has 0 fully saturated rings. The van der Waals surface area contributed by atoms with Crippen LogP contribution in [0.25, 0.3) is 11.0 Å². The lowest BCUT2D eigenvalue weighted by molar-refractivity contribution is 0.0716. The monoisotopic (exact) mass is 255 g/mol. The van der Waals surface area contributed by atoms with E-state index in [1.807, 2.05) is 18.2 Å². The fourth-order valence-electron chi connectivity index (χ4n) is 1.37. The highest BCUT2D eigenvalue weighted by atomic mass is 79.9. The van der Waals surface area contributed by atoms with E-state index in [9.17, 15) is 5.11 Å². The molecule has 0 saturated carbocycles. The first kappa shape index (κ1) is 9.68. The average Bonchev–Trinajstić information content (AvgIpc) is 2.47. The lowest BCUT2D eigenvalue weighted by Gasteiger charge is -2.12. The Bertz CT molecular complexity index is 470. The number of aliphatic hydroxyl groups is 1. The van der Waals surface area contributed by atoms with Crippen LogP contribution in [0.2, 0.25) is 0 Å². The number of hydrogen-bond acceptors (Lipinski definition) is 3. The number of halogens is 1. The number of para-hydroxylation sites is 1. The maximum absolute atomic E-state index is 9.83. The van der Waals surface area contributed by atoms with Crippen molar-refractivity contribution in [2.45, 2.75) is 19.4 Å². The van der Waals surface area contributed by atoms with Gasteiger partial charge in [0.2, 0.25) is 0 Å². The quantitative estimate of drug-likeness (QED) is 0.853. The van der Waals surface area contributed by atoms with Crippen molar-refractivity contribution < 1.29 is 9.63 Å². The smallest absolute Gasteiger partial charge is 0.181 e. The Balaban J connectivity index is 2.76. The molecule has 0 aliphatic carbocycles. The first-order valence-electron chi connectivity index (χ1n) is 4.27. The van der Waals surface area contributed by atoms with Gasteiger partial charge >= 0.3 is 0 Å². The van der Waals surface area contributed by atoms with Gasteiger partial charge in [-0.15, -0.1) is 0 Å². The number of fused-ring (bicyclic) bond motifs is 1. The Morgan fingerprint density at radius 2 is 2.14 bits per heavy atom. The fraction of sp³-hybridized carbons (Fsp3) is 0.300. The van der Waals surface area contributed by atoms with E-state index in [0.717, 1.165) is 9.86 Å². The molecule has 4 heteroatoms. The van der Waals surface area contributed by atoms with Gasteiger partial charge in [-0.3, -0.25) is 0 Å². The van der Waals surface area contributed by atoms with Gasteiger partial charge in [0.25, 0.3) is 0 Å². The first-order chi connectivity index (χ1) is 6.50. The summed E-state index contributed by atoms with van der Waals surface area (Å²) in [5.74, 6) is 0. The summed E-state index contributed by atoms with van der Waals surface area (Å²) in [5.41, 5.74) is 0.255. The number of benzene rings is 1. The van der Waals surface area contributed by atoms with Crippen LogP contribution >= 0.6 is 15.9 Å². The summed E-state index contributed by atoms with van der Waals surface area (Å²) in [6, 6.07) is 5.64. The highest BCUT2D eigenvalue weighted by Gasteiger charge is 2.24. The van der Waals surface area contributed by atoms with Crippen molar-refractivity contribution in [1.82, 2.24) is 5.16 Å². The molecule has 1 aromatic carbocycles. The van der Waals surface area contributed by atoms with Gasteiger partial charge < -0.3 is 9.63 Å². The fourth-order valence-corrected chi connectivity index (χ4v) is 1.81. The van der Waals surface area contributed by atoms with E-state index in [4.69, 9.17) is 4.52 Å². The van der Waals surface area contributed by atoms with Crippen molar-refractivity contribution in [3.63, 3.8) is 0 Å². The van der Waals surface area contributed by atoms with Crippen molar-refractivity contribution in [3.05, 3.63) is 28.4 Å². The summed E-state index contributed by atoms with van der Waals surface area (Å²) in [5, 5.41) is 14.5. The molecule has 1 heterocycles. The molecule has 14 heavy (non-hydrogen) atoms. The summed E-state index contributed by atoms with van der Waals surface area (Å²) in [6.07, 6.45) is 0. The molecule has 1 N–H and O–H groups in total. The maximum atomic E-state index is 9.83. The molecule has 2 rings (SSSR count). The van der Waals surface area contributed by atoms with Crippen molar-refractivity contribution in [2.24, 2.45) is 0 Å². The second kappa shape index (κ2) is 3.07. The third-order valence-corrected chi connectivity index (χ3v) is 2.65. The molecule has 0 unspecified atom stereocenters. The summed E-state index contributed by atoms with van der Waals surface area (Å²) in [4.78, 5) is 0. The van der Waals surface area contributed by atoms with Crippen LogP contribution in [0.4, 0.5) is 0 Å². The second-order valence-electron chi connectivity index (χ2n) is 3.71. The number of aromatic nitrogens is 1. The van der Waals surface area contributed by atoms with E-state index in [1.165, 1.54) is 0 Å². The highest BCUT2D eigenvalue weighted by molar-refractivity contribution is 9.10. The van der Waals surface area contributed by atoms with Crippen LogP contribution in [0.15, 0.2) is 27.2 Å². The van der Waals surface area contributed by atoms with E-state index < -0.39 is 5.60 Å². The van der Waals surface area contributed by atoms with E-state index in [2.05, 4.69) is 21.1 Å². The molecule has 1 aromatic heterocycles. The summed E-state index contributed by atoms with van der Waals surface area (Å²) >= 11 is 3.36. The topological polar surface area (TPSA) is 46.3 Å². The van der Waals surface area contributed by atoms with E-state index in [1.54, 1.807) is 13.8 Å². The number of nitrogens with zero attached hydrogens (tertiary/aromatic N) is 1. The van der Waals surface area contributed by atoms with Gasteiger partial charge in [0.15, 0.2) is 5.58 Å². The number of hydrogen-bond donors (Lipinski definition) is 1. The Hall–Kier alpha value is -0.870. The zero-order valence-electron chi connectivity index (χ0n) is 7.91. The Morgan fingerprint density at radius 3 is 2.79 bits per heavy atom. The van der Waals surface area contributed by atoms with Gasteiger partial charge in [-0.05, 0) is 41.9 Å². The Morgan fingerprint density at radius 1 is 1.43 bits per heavy atom. The molecule has 3 nitrogen and oxygen atoms in total. The normalized spacial score (nSPS) is 12.3. The number of rotatable bonds is 1. The Kier molecular flexibility index (Phi) is 2.12. The molecular formula is C10H10BrNO2. The molecular weight excluding hydrogens is 246 g/mol. The van der Waals surface area contributed by atoms with E-state index in [-0.39, 0.29) is 0 Å². The van der Waals surface area contributed by atoms with Crippen LogP contribution in [0.5, 0.6) is 0 Å². The molecule has 74 valence electrons. The van der Waals surface area contributed by atoms with Gasteiger partial charge in [0.05, 0.1) is 4.47 Å². The van der Waals surface area contributed by atoms with Crippen LogP contribution < -0.4 is 0 Å². The second-order valence-corrected chi connectivity index (χ2v) is 4.56. The third-order valence-electron chi connectivity index (χ3n) is 2.03. The zero-order chi connectivity index (χ0) is 10.3. The molecule has 0 amide bonds. The predicted molar refractivity (Wildman–Crippen MR) is 57.0 cm³/mol. The molecule has 0 atom stereocenters. The van der Waals surface area contributed by atoms with Crippen LogP contribution in [0.3, 0.4) is 0 Å². The van der Waals surface area contributed by atoms with Crippen molar-refractivity contribution >= 4 is 26.9 Å². The largest absolute Gasteiger partial charge is 0.384 e. The van der Waals surface area contributed by atoms with E-state index in [0.29, 0.717) is 11.3 Å². The minimum absolute atomic E-state index is 0.564. The van der Waals surface area contributed by atoms with Gasteiger partial charge in [0.1, 0.15) is 11.3 Å². The first-order valence-corrected chi connectivity index (χ1v) is 5.06. The highest BCUT2D eigenvalue weighted by Crippen LogP contribution is 2.31. The van der Waals surface area contributed by atoms with Crippen molar-refractivity contribution in [2.75, 3.05) is 0 Å². The van der Waals surface area contributed by atoms with Gasteiger partial charge in [-0.25, -0.2) is 0 Å². The summed E-state index contributed by atoms with van der Waals surface area (Å²) < 4.78 is 5.99. The van der Waals surface area contributed by atoms with Gasteiger partial charge in [-0.2, -0.15) is 0 Å². The molecule has 0 spiro atoms. The lowest BCUT2D eigenvalue weighted by atomic mass is 10.0. The maximum Gasteiger partial charge on any atom is 0.181 e. The lowest BCUT2D eigenvalue weighted by Crippen LogP contribution is -2.16. The minimum atomic E-state index is -0.980. The molecule has 0 saturated heterocycles. The average molecular weight is 256 g/mol. The predicted octanol–water partition coefficient (Wildman–Crippen LogP) is 2.82. The van der Waals surface area contributed by atoms with Crippen LogP contribution in [-0.2, 0) is 5.60 Å². The standard InChI is InChI=1S/C10H10BrNO2/c1-10(2,13)9-6-4-3-5-7(11)8(6)14-12-9/h3-5,13H,1-2H3. The SMILES string of the molecule is CC(C)(O)c1noc2c(Br)cccc12. The Labute approximate surface area is 89.8 Å².